The Balaban J connectivity index is 2.80. The normalized spacial score (nSPS) is 11.5. The highest BCUT2D eigenvalue weighted by molar-refractivity contribution is 7.91. The second kappa shape index (κ2) is 6.75. The summed E-state index contributed by atoms with van der Waals surface area (Å²) < 4.78 is 23.7. The highest BCUT2D eigenvalue weighted by Crippen LogP contribution is 2.18. The lowest BCUT2D eigenvalue weighted by atomic mass is 10.3. The van der Waals surface area contributed by atoms with Crippen molar-refractivity contribution in [2.24, 2.45) is 0 Å². The van der Waals surface area contributed by atoms with Gasteiger partial charge in [-0.2, -0.15) is 0 Å². The fourth-order valence-corrected chi connectivity index (χ4v) is 3.06. The molecule has 0 saturated carbocycles. The van der Waals surface area contributed by atoms with E-state index >= 15 is 0 Å². The van der Waals surface area contributed by atoms with Crippen molar-refractivity contribution in [3.8, 4) is 0 Å². The predicted octanol–water partition coefficient (Wildman–Crippen LogP) is 1.69. The SMILES string of the molecule is CCCS(=O)(=O)c1ccc(N(C)CCCO)cc1. The van der Waals surface area contributed by atoms with Crippen LogP contribution < -0.4 is 4.90 Å². The van der Waals surface area contributed by atoms with Crippen molar-refractivity contribution < 1.29 is 13.5 Å². The van der Waals surface area contributed by atoms with Gasteiger partial charge in [0.25, 0.3) is 0 Å². The Morgan fingerprint density at radius 2 is 1.83 bits per heavy atom. The third kappa shape index (κ3) is 3.99. The summed E-state index contributed by atoms with van der Waals surface area (Å²) in [6.07, 6.45) is 1.33. The van der Waals surface area contributed by atoms with Crippen molar-refractivity contribution in [1.29, 1.82) is 0 Å². The lowest BCUT2D eigenvalue weighted by molar-refractivity contribution is 0.290. The summed E-state index contributed by atoms with van der Waals surface area (Å²) in [7, 11) is -1.21. The van der Waals surface area contributed by atoms with Gasteiger partial charge in [-0.25, -0.2) is 8.42 Å². The van der Waals surface area contributed by atoms with Crippen molar-refractivity contribution in [3.05, 3.63) is 24.3 Å². The summed E-state index contributed by atoms with van der Waals surface area (Å²) in [5.74, 6) is 0.187. The molecule has 102 valence electrons. The van der Waals surface area contributed by atoms with Gasteiger partial charge in [0.2, 0.25) is 0 Å². The van der Waals surface area contributed by atoms with Crippen molar-refractivity contribution >= 4 is 15.5 Å². The van der Waals surface area contributed by atoms with E-state index in [0.717, 1.165) is 12.2 Å². The molecule has 4 nitrogen and oxygen atoms in total. The van der Waals surface area contributed by atoms with Gasteiger partial charge in [-0.15, -0.1) is 0 Å². The highest BCUT2D eigenvalue weighted by atomic mass is 32.2. The first-order valence-electron chi connectivity index (χ1n) is 6.16. The Bertz CT molecular complexity index is 454. The fourth-order valence-electron chi connectivity index (χ4n) is 1.73. The van der Waals surface area contributed by atoms with Crippen LogP contribution in [0.4, 0.5) is 5.69 Å². The molecule has 0 radical (unpaired) electrons. The second-order valence-corrected chi connectivity index (χ2v) is 6.42. The number of anilines is 1. The van der Waals surface area contributed by atoms with Crippen LogP contribution in [-0.2, 0) is 9.84 Å². The molecule has 0 aliphatic rings. The predicted molar refractivity (Wildman–Crippen MR) is 73.8 cm³/mol. The first-order valence-corrected chi connectivity index (χ1v) is 7.81. The number of hydrogen-bond acceptors (Lipinski definition) is 4. The maximum Gasteiger partial charge on any atom is 0.178 e. The van der Waals surface area contributed by atoms with Gasteiger partial charge in [-0.05, 0) is 37.1 Å². The highest BCUT2D eigenvalue weighted by Gasteiger charge is 2.12. The van der Waals surface area contributed by atoms with Crippen molar-refractivity contribution in [2.45, 2.75) is 24.7 Å². The minimum atomic E-state index is -3.13. The van der Waals surface area contributed by atoms with Gasteiger partial charge >= 0.3 is 0 Å². The van der Waals surface area contributed by atoms with Crippen LogP contribution in [-0.4, -0.2) is 39.5 Å². The molecule has 0 amide bonds. The fraction of sp³-hybridized carbons (Fsp3) is 0.538. The lowest BCUT2D eigenvalue weighted by Gasteiger charge is -2.18. The van der Waals surface area contributed by atoms with E-state index in [1.165, 1.54) is 0 Å². The molecular formula is C13H21NO3S. The van der Waals surface area contributed by atoms with Crippen LogP contribution in [0.2, 0.25) is 0 Å². The summed E-state index contributed by atoms with van der Waals surface area (Å²) in [5, 5.41) is 8.77. The van der Waals surface area contributed by atoms with Crippen LogP contribution in [0, 0.1) is 0 Å². The van der Waals surface area contributed by atoms with E-state index in [1.54, 1.807) is 24.3 Å². The molecular weight excluding hydrogens is 250 g/mol. The van der Waals surface area contributed by atoms with Crippen LogP contribution in [0.25, 0.3) is 0 Å². The van der Waals surface area contributed by atoms with E-state index in [1.807, 2.05) is 18.9 Å². The third-order valence-electron chi connectivity index (χ3n) is 2.76. The van der Waals surface area contributed by atoms with Crippen LogP contribution in [0.3, 0.4) is 0 Å². The van der Waals surface area contributed by atoms with E-state index in [-0.39, 0.29) is 12.4 Å². The Kier molecular flexibility index (Phi) is 5.62. The van der Waals surface area contributed by atoms with Gasteiger partial charge in [-0.3, -0.25) is 0 Å². The number of aliphatic hydroxyl groups is 1. The monoisotopic (exact) mass is 271 g/mol. The van der Waals surface area contributed by atoms with Crippen LogP contribution >= 0.6 is 0 Å². The topological polar surface area (TPSA) is 57.6 Å². The molecule has 0 aliphatic heterocycles. The second-order valence-electron chi connectivity index (χ2n) is 4.31. The summed E-state index contributed by atoms with van der Waals surface area (Å²) in [4.78, 5) is 2.37. The zero-order valence-corrected chi connectivity index (χ0v) is 11.8. The quantitative estimate of drug-likeness (QED) is 0.820. The summed E-state index contributed by atoms with van der Waals surface area (Å²) in [5.41, 5.74) is 0.957. The molecule has 0 bridgehead atoms. The van der Waals surface area contributed by atoms with Gasteiger partial charge in [0, 0.05) is 25.9 Å². The maximum atomic E-state index is 11.8. The third-order valence-corrected chi connectivity index (χ3v) is 4.70. The standard InChI is InChI=1S/C13H21NO3S/c1-3-11-18(16,17)13-7-5-12(6-8-13)14(2)9-4-10-15/h5-8,15H,3-4,9-11H2,1-2H3. The number of sulfone groups is 1. The van der Waals surface area contributed by atoms with Gasteiger partial charge in [0.1, 0.15) is 0 Å². The molecule has 0 spiro atoms. The molecule has 0 atom stereocenters. The summed E-state index contributed by atoms with van der Waals surface area (Å²) in [6.45, 7) is 2.76. The zero-order valence-electron chi connectivity index (χ0n) is 11.0. The number of aliphatic hydroxyl groups excluding tert-OH is 1. The molecule has 1 N–H and O–H groups in total. The van der Waals surface area contributed by atoms with E-state index in [9.17, 15) is 8.42 Å². The van der Waals surface area contributed by atoms with Crippen molar-refractivity contribution in [3.63, 3.8) is 0 Å². The van der Waals surface area contributed by atoms with Crippen LogP contribution in [0.15, 0.2) is 29.2 Å². The van der Waals surface area contributed by atoms with Gasteiger partial charge < -0.3 is 10.0 Å². The van der Waals surface area contributed by atoms with E-state index in [0.29, 0.717) is 17.7 Å². The first-order chi connectivity index (χ1) is 8.51. The van der Waals surface area contributed by atoms with Gasteiger partial charge in [0.15, 0.2) is 9.84 Å². The van der Waals surface area contributed by atoms with E-state index in [2.05, 4.69) is 0 Å². The van der Waals surface area contributed by atoms with Crippen LogP contribution in [0.5, 0.6) is 0 Å². The Labute approximate surface area is 109 Å². The van der Waals surface area contributed by atoms with Crippen molar-refractivity contribution in [2.75, 3.05) is 30.9 Å². The first kappa shape index (κ1) is 15.0. The number of nitrogens with zero attached hydrogens (tertiary/aromatic N) is 1. The maximum absolute atomic E-state index is 11.8. The molecule has 1 rings (SSSR count). The smallest absolute Gasteiger partial charge is 0.178 e. The Morgan fingerprint density at radius 1 is 1.22 bits per heavy atom. The molecule has 0 aliphatic carbocycles. The van der Waals surface area contributed by atoms with E-state index in [4.69, 9.17) is 5.11 Å². The number of hydrogen-bond donors (Lipinski definition) is 1. The molecule has 0 heterocycles. The molecule has 1 aromatic carbocycles. The average Bonchev–Trinajstić information content (AvgIpc) is 2.36. The zero-order chi connectivity index (χ0) is 13.6. The molecule has 5 heteroatoms. The average molecular weight is 271 g/mol. The minimum absolute atomic E-state index is 0.160. The molecule has 0 saturated heterocycles. The molecule has 0 aromatic heterocycles. The molecule has 0 unspecified atom stereocenters. The molecule has 0 fully saturated rings. The minimum Gasteiger partial charge on any atom is -0.396 e. The van der Waals surface area contributed by atoms with Crippen molar-refractivity contribution in [1.82, 2.24) is 0 Å². The summed E-state index contributed by atoms with van der Waals surface area (Å²) in [6, 6.07) is 6.91. The largest absolute Gasteiger partial charge is 0.396 e. The van der Waals surface area contributed by atoms with Crippen LogP contribution in [0.1, 0.15) is 19.8 Å². The lowest BCUT2D eigenvalue weighted by Crippen LogP contribution is -2.19. The number of rotatable bonds is 7. The molecule has 18 heavy (non-hydrogen) atoms. The Hall–Kier alpha value is -1.07. The van der Waals surface area contributed by atoms with Gasteiger partial charge in [-0.1, -0.05) is 6.92 Å². The summed E-state index contributed by atoms with van der Waals surface area (Å²) >= 11 is 0. The van der Waals surface area contributed by atoms with E-state index < -0.39 is 9.84 Å². The number of benzene rings is 1. The Morgan fingerprint density at radius 3 is 2.33 bits per heavy atom. The molecule has 1 aromatic rings. The van der Waals surface area contributed by atoms with Gasteiger partial charge in [0.05, 0.1) is 10.6 Å².